The predicted molar refractivity (Wildman–Crippen MR) is 87.0 cm³/mol. The van der Waals surface area contributed by atoms with Crippen LogP contribution >= 0.6 is 11.6 Å². The second kappa shape index (κ2) is 5.26. The van der Waals surface area contributed by atoms with Gasteiger partial charge < -0.3 is 4.74 Å². The van der Waals surface area contributed by atoms with Crippen molar-refractivity contribution in [3.63, 3.8) is 0 Å². The van der Waals surface area contributed by atoms with Crippen LogP contribution in [0.3, 0.4) is 0 Å². The Balaban J connectivity index is 2.28. The van der Waals surface area contributed by atoms with Crippen molar-refractivity contribution in [2.45, 2.75) is 71.3 Å². The number of halogens is 1. The summed E-state index contributed by atoms with van der Waals surface area (Å²) < 4.78 is 6.31. The van der Waals surface area contributed by atoms with Crippen molar-refractivity contribution in [2.24, 2.45) is 5.41 Å². The van der Waals surface area contributed by atoms with Crippen LogP contribution in [0.4, 0.5) is 0 Å². The molecule has 0 spiro atoms. The van der Waals surface area contributed by atoms with Crippen LogP contribution in [-0.2, 0) is 11.8 Å². The van der Waals surface area contributed by atoms with Gasteiger partial charge in [0.25, 0.3) is 0 Å². The second-order valence-corrected chi connectivity index (χ2v) is 8.09. The first-order chi connectivity index (χ1) is 9.16. The van der Waals surface area contributed by atoms with Gasteiger partial charge in [0.2, 0.25) is 0 Å². The highest BCUT2D eigenvalue weighted by atomic mass is 35.5. The molecule has 20 heavy (non-hydrogen) atoms. The fourth-order valence-corrected chi connectivity index (χ4v) is 2.98. The summed E-state index contributed by atoms with van der Waals surface area (Å²) in [5.74, 6) is 1.02. The summed E-state index contributed by atoms with van der Waals surface area (Å²) in [6, 6.07) is 6.60. The number of aryl methyl sites for hydroxylation is 1. The zero-order valence-corrected chi connectivity index (χ0v) is 14.3. The van der Waals surface area contributed by atoms with Crippen LogP contribution in [0, 0.1) is 5.41 Å². The molecule has 1 aromatic rings. The summed E-state index contributed by atoms with van der Waals surface area (Å²) in [6.07, 6.45) is 2.22. The Morgan fingerprint density at radius 2 is 1.95 bits per heavy atom. The monoisotopic (exact) mass is 294 g/mol. The molecule has 1 fully saturated rings. The molecule has 0 N–H and O–H groups in total. The summed E-state index contributed by atoms with van der Waals surface area (Å²) in [4.78, 5) is 0. The van der Waals surface area contributed by atoms with Gasteiger partial charge in [-0.1, -0.05) is 53.7 Å². The quantitative estimate of drug-likeness (QED) is 0.685. The molecule has 1 aliphatic carbocycles. The maximum absolute atomic E-state index is 6.31. The fourth-order valence-electron chi connectivity index (χ4n) is 2.68. The molecule has 0 amide bonds. The van der Waals surface area contributed by atoms with E-state index < -0.39 is 0 Å². The topological polar surface area (TPSA) is 9.23 Å². The van der Waals surface area contributed by atoms with Gasteiger partial charge in [0.15, 0.2) is 0 Å². The van der Waals surface area contributed by atoms with Crippen molar-refractivity contribution in [3.8, 4) is 5.75 Å². The number of hydrogen-bond acceptors (Lipinski definition) is 1. The molecule has 0 aliphatic heterocycles. The Bertz CT molecular complexity index is 485. The van der Waals surface area contributed by atoms with E-state index in [9.17, 15) is 0 Å². The molecule has 112 valence electrons. The zero-order valence-electron chi connectivity index (χ0n) is 13.6. The Hall–Kier alpha value is -0.690. The molecular formula is C18H27ClO. The Morgan fingerprint density at radius 1 is 1.30 bits per heavy atom. The highest BCUT2D eigenvalue weighted by molar-refractivity contribution is 6.21. The lowest BCUT2D eigenvalue weighted by Crippen LogP contribution is -2.53. The van der Waals surface area contributed by atoms with E-state index in [1.807, 2.05) is 0 Å². The first-order valence-corrected chi connectivity index (χ1v) is 8.04. The lowest BCUT2D eigenvalue weighted by molar-refractivity contribution is -0.0140. The van der Waals surface area contributed by atoms with Crippen LogP contribution in [0.25, 0.3) is 0 Å². The van der Waals surface area contributed by atoms with E-state index in [1.165, 1.54) is 11.1 Å². The third-order valence-electron chi connectivity index (χ3n) is 4.59. The highest BCUT2D eigenvalue weighted by Crippen LogP contribution is 2.47. The van der Waals surface area contributed by atoms with Crippen molar-refractivity contribution in [3.05, 3.63) is 29.3 Å². The summed E-state index contributed by atoms with van der Waals surface area (Å²) in [6.45, 7) is 13.3. The third-order valence-corrected chi connectivity index (χ3v) is 5.33. The van der Waals surface area contributed by atoms with Crippen LogP contribution in [0.1, 0.15) is 59.1 Å². The van der Waals surface area contributed by atoms with Gasteiger partial charge in [-0.2, -0.15) is 0 Å². The summed E-state index contributed by atoms with van der Waals surface area (Å²) in [7, 11) is 0. The van der Waals surface area contributed by atoms with Gasteiger partial charge in [-0.25, -0.2) is 0 Å². The summed E-state index contributed by atoms with van der Waals surface area (Å²) in [5, 5.41) is 0.223. The van der Waals surface area contributed by atoms with E-state index in [-0.39, 0.29) is 22.3 Å². The van der Waals surface area contributed by atoms with Gasteiger partial charge in [-0.3, -0.25) is 0 Å². The minimum atomic E-state index is 0.0557. The van der Waals surface area contributed by atoms with E-state index in [4.69, 9.17) is 16.3 Å². The maximum atomic E-state index is 6.31. The molecule has 0 heterocycles. The van der Waals surface area contributed by atoms with E-state index in [0.717, 1.165) is 18.6 Å². The number of ether oxygens (including phenoxy) is 1. The van der Waals surface area contributed by atoms with Crippen molar-refractivity contribution in [2.75, 3.05) is 0 Å². The molecular weight excluding hydrogens is 268 g/mol. The first kappa shape index (κ1) is 15.7. The summed E-state index contributed by atoms with van der Waals surface area (Å²) >= 11 is 6.30. The van der Waals surface area contributed by atoms with E-state index in [1.54, 1.807) is 0 Å². The SMILES string of the molecule is CCc1ccc(OC2CC(Cl)C2(C)C)c(C(C)(C)C)c1. The van der Waals surface area contributed by atoms with Crippen LogP contribution in [0.2, 0.25) is 0 Å². The van der Waals surface area contributed by atoms with Crippen molar-refractivity contribution in [1.82, 2.24) is 0 Å². The zero-order chi connectivity index (χ0) is 15.1. The van der Waals surface area contributed by atoms with Gasteiger partial charge in [0.1, 0.15) is 11.9 Å². The summed E-state index contributed by atoms with van der Waals surface area (Å²) in [5.41, 5.74) is 2.81. The van der Waals surface area contributed by atoms with E-state index in [0.29, 0.717) is 0 Å². The molecule has 0 saturated heterocycles. The molecule has 1 aromatic carbocycles. The van der Waals surface area contributed by atoms with Crippen LogP contribution in [0.5, 0.6) is 5.75 Å². The lowest BCUT2D eigenvalue weighted by Gasteiger charge is -2.48. The molecule has 2 unspecified atom stereocenters. The van der Waals surface area contributed by atoms with Crippen LogP contribution in [0.15, 0.2) is 18.2 Å². The fraction of sp³-hybridized carbons (Fsp3) is 0.667. The minimum Gasteiger partial charge on any atom is -0.489 e. The second-order valence-electron chi connectivity index (χ2n) is 7.57. The maximum Gasteiger partial charge on any atom is 0.123 e. The minimum absolute atomic E-state index is 0.0557. The van der Waals surface area contributed by atoms with Crippen molar-refractivity contribution < 1.29 is 4.74 Å². The number of benzene rings is 1. The smallest absolute Gasteiger partial charge is 0.123 e. The number of rotatable bonds is 3. The van der Waals surface area contributed by atoms with Gasteiger partial charge >= 0.3 is 0 Å². The van der Waals surface area contributed by atoms with Gasteiger partial charge in [0, 0.05) is 17.2 Å². The van der Waals surface area contributed by atoms with Gasteiger partial charge in [-0.05, 0) is 29.0 Å². The predicted octanol–water partition coefficient (Wildman–Crippen LogP) is 5.33. The van der Waals surface area contributed by atoms with Gasteiger partial charge in [0.05, 0.1) is 0 Å². The molecule has 0 aromatic heterocycles. The van der Waals surface area contributed by atoms with Gasteiger partial charge in [-0.15, -0.1) is 11.6 Å². The molecule has 2 rings (SSSR count). The Kier molecular flexibility index (Phi) is 4.12. The lowest BCUT2D eigenvalue weighted by atomic mass is 9.68. The normalized spacial score (nSPS) is 25.1. The molecule has 2 atom stereocenters. The Morgan fingerprint density at radius 3 is 2.40 bits per heavy atom. The Labute approximate surface area is 128 Å². The average molecular weight is 295 g/mol. The molecule has 0 bridgehead atoms. The molecule has 1 saturated carbocycles. The molecule has 1 nitrogen and oxygen atoms in total. The van der Waals surface area contributed by atoms with E-state index >= 15 is 0 Å². The van der Waals surface area contributed by atoms with Crippen molar-refractivity contribution in [1.29, 1.82) is 0 Å². The van der Waals surface area contributed by atoms with Crippen LogP contribution < -0.4 is 4.74 Å². The average Bonchev–Trinajstić information content (AvgIpc) is 2.37. The third kappa shape index (κ3) is 2.83. The van der Waals surface area contributed by atoms with E-state index in [2.05, 4.69) is 59.7 Å². The largest absolute Gasteiger partial charge is 0.489 e. The standard InChI is InChI=1S/C18H27ClO/c1-7-12-8-9-14(13(10-12)17(2,3)4)20-16-11-15(19)18(16,5)6/h8-10,15-16H,7,11H2,1-6H3. The number of alkyl halides is 1. The molecule has 2 heteroatoms. The highest BCUT2D eigenvalue weighted by Gasteiger charge is 2.49. The van der Waals surface area contributed by atoms with Crippen molar-refractivity contribution >= 4 is 11.6 Å². The first-order valence-electron chi connectivity index (χ1n) is 7.60. The molecule has 1 aliphatic rings. The number of hydrogen-bond donors (Lipinski definition) is 0. The molecule has 0 radical (unpaired) electrons. The van der Waals surface area contributed by atoms with Crippen LogP contribution in [-0.4, -0.2) is 11.5 Å².